The summed E-state index contributed by atoms with van der Waals surface area (Å²) < 4.78 is 7.16. The molecule has 4 aliphatic rings. The molecule has 0 heterocycles. The lowest BCUT2D eigenvalue weighted by atomic mass is 9.42. The Labute approximate surface area is 193 Å². The molecule has 4 aliphatic carbocycles. The maximum atomic E-state index is 13.0. The van der Waals surface area contributed by atoms with Gasteiger partial charge in [0.1, 0.15) is 5.78 Å². The molecule has 0 amide bonds. The number of ketones is 1. The Bertz CT molecular complexity index is 721. The van der Waals surface area contributed by atoms with E-state index in [1.807, 2.05) is 0 Å². The molecule has 0 bridgehead atoms. The first-order valence-electron chi connectivity index (χ1n) is 13.1. The summed E-state index contributed by atoms with van der Waals surface area (Å²) in [4.78, 5) is 13.0. The van der Waals surface area contributed by atoms with Crippen molar-refractivity contribution in [3.8, 4) is 0 Å². The number of carbonyl (C=O) groups is 1. The minimum absolute atomic E-state index is 0.114. The highest BCUT2D eigenvalue weighted by Gasteiger charge is 2.64. The summed E-state index contributed by atoms with van der Waals surface area (Å²) in [6.07, 6.45) is 13.0. The second-order valence-electron chi connectivity index (χ2n) is 13.8. The van der Waals surface area contributed by atoms with E-state index in [1.54, 1.807) is 0 Å². The number of rotatable bonds is 4. The average Bonchev–Trinajstić information content (AvgIpc) is 3.04. The zero-order valence-electron chi connectivity index (χ0n) is 21.4. The Balaban J connectivity index is 1.74. The number of fused-ring (bicyclic) bond motifs is 5. The van der Waals surface area contributed by atoms with Crippen molar-refractivity contribution >= 4 is 14.1 Å². The number of Topliss-reactive ketones (excluding diaryl/α,β-unsaturated/α-hetero) is 1. The lowest BCUT2D eigenvalue weighted by Crippen LogP contribution is -2.63. The number of hydrogen-bond donors (Lipinski definition) is 0. The van der Waals surface area contributed by atoms with E-state index < -0.39 is 8.32 Å². The van der Waals surface area contributed by atoms with Gasteiger partial charge in [0.2, 0.25) is 0 Å². The van der Waals surface area contributed by atoms with E-state index in [9.17, 15) is 4.79 Å². The third kappa shape index (κ3) is 3.74. The minimum atomic E-state index is -1.94. The quantitative estimate of drug-likeness (QED) is 0.327. The molecule has 0 aliphatic heterocycles. The van der Waals surface area contributed by atoms with E-state index in [0.717, 1.165) is 24.7 Å². The molecule has 2 nitrogen and oxygen atoms in total. The van der Waals surface area contributed by atoms with Crippen LogP contribution < -0.4 is 0 Å². The van der Waals surface area contributed by atoms with E-state index in [4.69, 9.17) is 4.43 Å². The van der Waals surface area contributed by atoms with Crippen molar-refractivity contribution in [3.63, 3.8) is 0 Å². The molecule has 4 fully saturated rings. The van der Waals surface area contributed by atoms with Gasteiger partial charge in [0.05, 0.1) is 6.10 Å². The average molecular weight is 445 g/mol. The van der Waals surface area contributed by atoms with E-state index in [-0.39, 0.29) is 16.6 Å². The molecule has 0 aromatic heterocycles. The third-order valence-electron chi connectivity index (χ3n) is 11.2. The first-order valence-corrected chi connectivity index (χ1v) is 16.0. The van der Waals surface area contributed by atoms with Gasteiger partial charge < -0.3 is 4.43 Å². The molecular weight excluding hydrogens is 396 g/mol. The molecule has 0 aromatic rings. The molecule has 4 saturated carbocycles. The van der Waals surface area contributed by atoms with Crippen LogP contribution in [0.15, 0.2) is 12.7 Å². The second kappa shape index (κ2) is 7.83. The Morgan fingerprint density at radius 1 is 1.13 bits per heavy atom. The van der Waals surface area contributed by atoms with Gasteiger partial charge in [-0.05, 0) is 97.1 Å². The van der Waals surface area contributed by atoms with Gasteiger partial charge in [-0.1, -0.05) is 47.1 Å². The molecule has 0 spiro atoms. The highest BCUT2D eigenvalue weighted by Crippen LogP contribution is 2.68. The highest BCUT2D eigenvalue weighted by atomic mass is 28.4. The fraction of sp³-hybridized carbons (Fsp3) is 0.893. The first-order chi connectivity index (χ1) is 14.3. The molecule has 0 aromatic carbocycles. The van der Waals surface area contributed by atoms with Crippen LogP contribution >= 0.6 is 0 Å². The largest absolute Gasteiger partial charge is 0.413 e. The number of carbonyl (C=O) groups excluding carboxylic acids is 1. The first kappa shape index (κ1) is 23.7. The second-order valence-corrected chi connectivity index (χ2v) is 18.5. The van der Waals surface area contributed by atoms with Crippen molar-refractivity contribution in [2.45, 2.75) is 117 Å². The fourth-order valence-corrected chi connectivity index (χ4v) is 9.81. The monoisotopic (exact) mass is 444 g/mol. The maximum absolute atomic E-state index is 13.0. The summed E-state index contributed by atoms with van der Waals surface area (Å²) in [5.41, 5.74) is 0.694. The Morgan fingerprint density at radius 2 is 1.84 bits per heavy atom. The van der Waals surface area contributed by atoms with E-state index in [0.29, 0.717) is 35.4 Å². The Hall–Kier alpha value is -0.413. The summed E-state index contributed by atoms with van der Waals surface area (Å²) in [5.74, 6) is 4.00. The van der Waals surface area contributed by atoms with Gasteiger partial charge >= 0.3 is 0 Å². The standard InChI is InChI=1S/C28H48O2Si/c1-9-11-19-16-20-17-21(29)18-24(30-31(7,8)26(2,3)4)28(20,6)23-13-15-27(5)14-10-12-22(27)25(19)23/h9,19-20,22-25H,1,10-18H2,2-8H3/t19-,20+,22+,23+,24?,25+,27+,28+/m1/s1. The topological polar surface area (TPSA) is 26.3 Å². The van der Waals surface area contributed by atoms with Crippen LogP contribution in [0.1, 0.15) is 92.4 Å². The maximum Gasteiger partial charge on any atom is 0.192 e. The molecule has 31 heavy (non-hydrogen) atoms. The molecule has 3 heteroatoms. The van der Waals surface area contributed by atoms with Crippen LogP contribution in [0.25, 0.3) is 0 Å². The van der Waals surface area contributed by atoms with Crippen LogP contribution in [0.3, 0.4) is 0 Å². The molecule has 0 radical (unpaired) electrons. The smallest absolute Gasteiger partial charge is 0.192 e. The van der Waals surface area contributed by atoms with Crippen molar-refractivity contribution < 1.29 is 9.22 Å². The SMILES string of the molecule is C=CC[C@@H]1C[C@H]2CC(=O)CC(O[Si](C)(C)C(C)(C)C)[C@]2(C)[C@H]2CC[C@]3(C)CCC[C@H]3[C@H]12. The molecule has 0 saturated heterocycles. The summed E-state index contributed by atoms with van der Waals surface area (Å²) >= 11 is 0. The normalized spacial score (nSPS) is 45.6. The predicted molar refractivity (Wildman–Crippen MR) is 132 cm³/mol. The summed E-state index contributed by atoms with van der Waals surface area (Å²) in [6.45, 7) is 21.0. The number of allylic oxidation sites excluding steroid dienone is 1. The van der Waals surface area contributed by atoms with Crippen LogP contribution in [0.2, 0.25) is 18.1 Å². The van der Waals surface area contributed by atoms with E-state index in [2.05, 4.69) is 60.4 Å². The molecule has 0 N–H and O–H groups in total. The zero-order chi connectivity index (χ0) is 22.8. The molecule has 1 unspecified atom stereocenters. The summed E-state index contributed by atoms with van der Waals surface area (Å²) in [6, 6.07) is 0. The molecule has 176 valence electrons. The van der Waals surface area contributed by atoms with Crippen LogP contribution in [-0.2, 0) is 9.22 Å². The molecular formula is C28H48O2Si. The Kier molecular flexibility index (Phi) is 5.99. The van der Waals surface area contributed by atoms with Crippen LogP contribution in [-0.4, -0.2) is 20.2 Å². The lowest BCUT2D eigenvalue weighted by Gasteiger charge is -2.64. The van der Waals surface area contributed by atoms with Gasteiger partial charge in [-0.2, -0.15) is 0 Å². The van der Waals surface area contributed by atoms with Gasteiger partial charge in [0.25, 0.3) is 0 Å². The summed E-state index contributed by atoms with van der Waals surface area (Å²) in [5, 5.41) is 0.176. The van der Waals surface area contributed by atoms with Gasteiger partial charge in [-0.3, -0.25) is 4.79 Å². The van der Waals surface area contributed by atoms with Gasteiger partial charge in [0.15, 0.2) is 8.32 Å². The van der Waals surface area contributed by atoms with Crippen LogP contribution in [0.5, 0.6) is 0 Å². The lowest BCUT2D eigenvalue weighted by molar-refractivity contribution is -0.178. The Morgan fingerprint density at radius 3 is 2.48 bits per heavy atom. The van der Waals surface area contributed by atoms with Crippen molar-refractivity contribution in [2.75, 3.05) is 0 Å². The predicted octanol–water partition coefficient (Wildman–Crippen LogP) is 7.79. The van der Waals surface area contributed by atoms with E-state index in [1.165, 1.54) is 38.5 Å². The zero-order valence-corrected chi connectivity index (χ0v) is 22.4. The van der Waals surface area contributed by atoms with Crippen LogP contribution in [0.4, 0.5) is 0 Å². The van der Waals surface area contributed by atoms with Crippen LogP contribution in [0, 0.1) is 40.4 Å². The fourth-order valence-electron chi connectivity index (χ4n) is 8.41. The highest BCUT2D eigenvalue weighted by molar-refractivity contribution is 6.74. The van der Waals surface area contributed by atoms with Crippen molar-refractivity contribution in [1.82, 2.24) is 0 Å². The molecule has 4 rings (SSSR count). The minimum Gasteiger partial charge on any atom is -0.413 e. The van der Waals surface area contributed by atoms with Gasteiger partial charge in [0, 0.05) is 12.8 Å². The van der Waals surface area contributed by atoms with Crippen molar-refractivity contribution in [2.24, 2.45) is 40.4 Å². The van der Waals surface area contributed by atoms with E-state index >= 15 is 0 Å². The van der Waals surface area contributed by atoms with Gasteiger partial charge in [-0.15, -0.1) is 6.58 Å². The van der Waals surface area contributed by atoms with Gasteiger partial charge in [-0.25, -0.2) is 0 Å². The number of hydrogen-bond acceptors (Lipinski definition) is 2. The van der Waals surface area contributed by atoms with Crippen molar-refractivity contribution in [3.05, 3.63) is 12.7 Å². The summed E-state index contributed by atoms with van der Waals surface area (Å²) in [7, 11) is -1.94. The third-order valence-corrected chi connectivity index (χ3v) is 15.7. The molecule has 8 atom stereocenters. The van der Waals surface area contributed by atoms with Crippen molar-refractivity contribution in [1.29, 1.82) is 0 Å².